The van der Waals surface area contributed by atoms with Crippen molar-refractivity contribution in [1.29, 1.82) is 0 Å². The summed E-state index contributed by atoms with van der Waals surface area (Å²) < 4.78 is 0. The van der Waals surface area contributed by atoms with Crippen LogP contribution in [-0.4, -0.2) is 33.2 Å². The summed E-state index contributed by atoms with van der Waals surface area (Å²) in [5, 5.41) is 1.42. The van der Waals surface area contributed by atoms with Crippen LogP contribution in [0.15, 0.2) is 24.3 Å². The topological polar surface area (TPSA) is 21.8 Å². The zero-order valence-corrected chi connectivity index (χ0v) is 16.1. The predicted octanol–water partition coefficient (Wildman–Crippen LogP) is 2.16. The van der Waals surface area contributed by atoms with Gasteiger partial charge in [0.05, 0.1) is 49.7 Å². The number of nitrogens with zero attached hydrogens (tertiary/aromatic N) is 1. The van der Waals surface area contributed by atoms with Crippen LogP contribution in [0.4, 0.5) is 5.69 Å². The van der Waals surface area contributed by atoms with Crippen molar-refractivity contribution in [2.75, 3.05) is 38.1 Å². The van der Waals surface area contributed by atoms with E-state index in [2.05, 4.69) is 62.0 Å². The van der Waals surface area contributed by atoms with Gasteiger partial charge >= 0.3 is 0 Å². The summed E-state index contributed by atoms with van der Waals surface area (Å²) in [5.41, 5.74) is 6.68. The molecule has 0 amide bonds. The molecule has 5 rings (SSSR count). The SMILES string of the molecule is C[NH+]1CCN(c2c3c([nH+]c4ccccc24)[C@]2(C)CC[C@H]3C2(C)C)CC1. The molecular weight excluding hydrogens is 306 g/mol. The maximum atomic E-state index is 3.89. The monoisotopic (exact) mass is 337 g/mol. The van der Waals surface area contributed by atoms with Gasteiger partial charge < -0.3 is 9.80 Å². The van der Waals surface area contributed by atoms with Crippen molar-refractivity contribution in [3.05, 3.63) is 35.5 Å². The number of para-hydroxylation sites is 1. The molecule has 2 aromatic rings. The molecule has 1 aromatic heterocycles. The first-order valence-electron chi connectivity index (χ1n) is 9.98. The molecule has 3 nitrogen and oxygen atoms in total. The molecule has 1 saturated carbocycles. The average molecular weight is 338 g/mol. The van der Waals surface area contributed by atoms with E-state index in [-0.39, 0.29) is 5.41 Å². The highest BCUT2D eigenvalue weighted by Crippen LogP contribution is 2.68. The molecule has 2 aliphatic carbocycles. The molecule has 1 aliphatic heterocycles. The molecule has 25 heavy (non-hydrogen) atoms. The zero-order chi connectivity index (χ0) is 17.4. The van der Waals surface area contributed by atoms with Crippen LogP contribution in [0.1, 0.15) is 50.8 Å². The molecular formula is C22H31N3+2. The molecule has 0 spiro atoms. The lowest BCUT2D eigenvalue weighted by Gasteiger charge is -2.34. The van der Waals surface area contributed by atoms with Gasteiger partial charge in [-0.2, -0.15) is 0 Å². The van der Waals surface area contributed by atoms with E-state index in [0.29, 0.717) is 11.3 Å². The number of pyridine rings is 1. The Kier molecular flexibility index (Phi) is 3.11. The number of likely N-dealkylation sites (N-methyl/N-ethyl adjacent to an activating group) is 1. The van der Waals surface area contributed by atoms with Crippen LogP contribution in [0, 0.1) is 5.41 Å². The number of aromatic amines is 1. The molecule has 1 saturated heterocycles. The fourth-order valence-corrected chi connectivity index (χ4v) is 5.94. The summed E-state index contributed by atoms with van der Waals surface area (Å²) in [6.07, 6.45) is 2.66. The van der Waals surface area contributed by atoms with Crippen LogP contribution in [0.5, 0.6) is 0 Å². The van der Waals surface area contributed by atoms with Crippen LogP contribution < -0.4 is 14.8 Å². The van der Waals surface area contributed by atoms with Gasteiger partial charge in [0.15, 0.2) is 5.69 Å². The zero-order valence-electron chi connectivity index (χ0n) is 16.1. The quantitative estimate of drug-likeness (QED) is 0.846. The maximum absolute atomic E-state index is 3.89. The molecule has 2 N–H and O–H groups in total. The third kappa shape index (κ3) is 1.88. The Balaban J connectivity index is 1.79. The number of hydrogen-bond acceptors (Lipinski definition) is 1. The fourth-order valence-electron chi connectivity index (χ4n) is 5.94. The number of anilines is 1. The van der Waals surface area contributed by atoms with E-state index >= 15 is 0 Å². The molecule has 132 valence electrons. The van der Waals surface area contributed by atoms with E-state index in [1.54, 1.807) is 16.2 Å². The number of H-pyrrole nitrogens is 1. The smallest absolute Gasteiger partial charge is 0.213 e. The van der Waals surface area contributed by atoms with Crippen molar-refractivity contribution in [2.45, 2.75) is 44.9 Å². The van der Waals surface area contributed by atoms with Crippen molar-refractivity contribution in [1.82, 2.24) is 0 Å². The van der Waals surface area contributed by atoms with E-state index in [9.17, 15) is 0 Å². The summed E-state index contributed by atoms with van der Waals surface area (Å²) in [7, 11) is 2.32. The first kappa shape index (κ1) is 15.6. The van der Waals surface area contributed by atoms with Crippen LogP contribution in [-0.2, 0) is 5.41 Å². The minimum atomic E-state index is 0.281. The van der Waals surface area contributed by atoms with Crippen LogP contribution in [0.25, 0.3) is 10.9 Å². The van der Waals surface area contributed by atoms with Gasteiger partial charge in [-0.3, -0.25) is 0 Å². The van der Waals surface area contributed by atoms with Gasteiger partial charge in [-0.15, -0.1) is 0 Å². The van der Waals surface area contributed by atoms with Crippen molar-refractivity contribution < 1.29 is 9.88 Å². The Bertz CT molecular complexity index is 848. The summed E-state index contributed by atoms with van der Waals surface area (Å²) in [6.45, 7) is 12.3. The van der Waals surface area contributed by atoms with Crippen LogP contribution in [0.3, 0.4) is 0 Å². The normalized spacial score (nSPS) is 30.9. The van der Waals surface area contributed by atoms with E-state index in [1.807, 2.05) is 0 Å². The second-order valence-electron chi connectivity index (χ2n) is 9.40. The van der Waals surface area contributed by atoms with Crippen molar-refractivity contribution in [3.8, 4) is 0 Å². The van der Waals surface area contributed by atoms with Gasteiger partial charge in [0.25, 0.3) is 0 Å². The molecule has 3 heteroatoms. The van der Waals surface area contributed by atoms with Gasteiger partial charge in [0.1, 0.15) is 0 Å². The Labute approximate surface area is 151 Å². The first-order chi connectivity index (χ1) is 11.9. The molecule has 0 unspecified atom stereocenters. The van der Waals surface area contributed by atoms with E-state index in [4.69, 9.17) is 0 Å². The van der Waals surface area contributed by atoms with Gasteiger partial charge in [-0.05, 0) is 37.2 Å². The Morgan fingerprint density at radius 3 is 2.60 bits per heavy atom. The largest absolute Gasteiger partial charge is 0.359 e. The molecule has 2 atom stereocenters. The second-order valence-corrected chi connectivity index (χ2v) is 9.40. The van der Waals surface area contributed by atoms with Crippen LogP contribution >= 0.6 is 0 Å². The van der Waals surface area contributed by atoms with E-state index in [1.165, 1.54) is 55.6 Å². The minimum Gasteiger partial charge on any atom is -0.359 e. The summed E-state index contributed by atoms with van der Waals surface area (Å²) in [6, 6.07) is 8.97. The summed E-state index contributed by atoms with van der Waals surface area (Å²) in [4.78, 5) is 8.25. The first-order valence-corrected chi connectivity index (χ1v) is 9.98. The van der Waals surface area contributed by atoms with Crippen molar-refractivity contribution in [2.24, 2.45) is 5.41 Å². The van der Waals surface area contributed by atoms with Gasteiger partial charge in [-0.25, -0.2) is 4.98 Å². The number of nitrogens with one attached hydrogen (secondary N) is 2. The molecule has 1 aromatic carbocycles. The number of rotatable bonds is 1. The highest BCUT2D eigenvalue weighted by Gasteiger charge is 2.64. The minimum absolute atomic E-state index is 0.281. The average Bonchev–Trinajstić information content (AvgIpc) is 2.93. The standard InChI is InChI=1S/C22H29N3/c1-21(2)16-9-10-22(21,3)20-18(16)19(25-13-11-24(4)12-14-25)15-7-5-6-8-17(15)23-20/h5-8,16H,9-14H2,1-4H3/p+2/t16-,22+/m1/s1. The number of quaternary nitrogens is 1. The molecule has 2 heterocycles. The predicted molar refractivity (Wildman–Crippen MR) is 102 cm³/mol. The second kappa shape index (κ2) is 4.97. The fraction of sp³-hybridized carbons (Fsp3) is 0.591. The van der Waals surface area contributed by atoms with Gasteiger partial charge in [0.2, 0.25) is 5.52 Å². The molecule has 3 aliphatic rings. The molecule has 0 radical (unpaired) electrons. The Hall–Kier alpha value is -1.61. The summed E-state index contributed by atoms with van der Waals surface area (Å²) in [5.74, 6) is 0.690. The van der Waals surface area contributed by atoms with E-state index < -0.39 is 0 Å². The van der Waals surface area contributed by atoms with Crippen LogP contribution in [0.2, 0.25) is 0 Å². The number of hydrogen-bond donors (Lipinski definition) is 1. The Morgan fingerprint density at radius 1 is 1.12 bits per heavy atom. The van der Waals surface area contributed by atoms with Gasteiger partial charge in [-0.1, -0.05) is 26.0 Å². The number of piperazine rings is 1. The third-order valence-electron chi connectivity index (χ3n) is 8.03. The third-order valence-corrected chi connectivity index (χ3v) is 8.03. The lowest BCUT2D eigenvalue weighted by atomic mass is 9.70. The Morgan fingerprint density at radius 2 is 1.84 bits per heavy atom. The highest BCUT2D eigenvalue weighted by atomic mass is 15.3. The van der Waals surface area contributed by atoms with E-state index in [0.717, 1.165) is 0 Å². The lowest BCUT2D eigenvalue weighted by molar-refractivity contribution is -0.880. The summed E-state index contributed by atoms with van der Waals surface area (Å²) >= 11 is 0. The van der Waals surface area contributed by atoms with Crippen molar-refractivity contribution >= 4 is 16.6 Å². The maximum Gasteiger partial charge on any atom is 0.213 e. The molecule has 2 bridgehead atoms. The van der Waals surface area contributed by atoms with Gasteiger partial charge in [0, 0.05) is 11.6 Å². The van der Waals surface area contributed by atoms with Crippen molar-refractivity contribution in [3.63, 3.8) is 0 Å². The lowest BCUT2D eigenvalue weighted by Crippen LogP contribution is -3.12. The molecule has 2 fully saturated rings. The number of aromatic nitrogens is 1. The highest BCUT2D eigenvalue weighted by molar-refractivity contribution is 5.93. The number of benzene rings is 1. The number of fused-ring (bicyclic) bond motifs is 6.